The second kappa shape index (κ2) is 10.4. The highest BCUT2D eigenvalue weighted by molar-refractivity contribution is 7.14. The van der Waals surface area contributed by atoms with E-state index >= 15 is 0 Å². The Balaban J connectivity index is 1.86. The average molecular weight is 389 g/mol. The van der Waals surface area contributed by atoms with E-state index < -0.39 is 17.9 Å². The van der Waals surface area contributed by atoms with Crippen molar-refractivity contribution in [2.75, 3.05) is 5.32 Å². The SMILES string of the molecule is CCCCC(NC(=O)c1csc(NC(=O)CCc2ccccc2)n1)C(=O)O. The number of nitrogens with zero attached hydrogens (tertiary/aromatic N) is 1. The summed E-state index contributed by atoms with van der Waals surface area (Å²) in [7, 11) is 0. The van der Waals surface area contributed by atoms with Crippen molar-refractivity contribution in [3.63, 3.8) is 0 Å². The second-order valence-electron chi connectivity index (χ2n) is 6.08. The topological polar surface area (TPSA) is 108 Å². The zero-order chi connectivity index (χ0) is 19.6. The summed E-state index contributed by atoms with van der Waals surface area (Å²) in [6.07, 6.45) is 2.84. The Hall–Kier alpha value is -2.74. The van der Waals surface area contributed by atoms with Crippen molar-refractivity contribution in [3.05, 3.63) is 47.0 Å². The maximum Gasteiger partial charge on any atom is 0.326 e. The maximum atomic E-state index is 12.2. The Kier molecular flexibility index (Phi) is 7.94. The number of hydrogen-bond donors (Lipinski definition) is 3. The number of anilines is 1. The Morgan fingerprint density at radius 1 is 1.22 bits per heavy atom. The number of carbonyl (C=O) groups is 3. The third-order valence-electron chi connectivity index (χ3n) is 3.92. The Morgan fingerprint density at radius 2 is 1.96 bits per heavy atom. The number of amides is 2. The molecule has 0 aliphatic rings. The predicted molar refractivity (Wildman–Crippen MR) is 104 cm³/mol. The van der Waals surface area contributed by atoms with E-state index in [1.54, 1.807) is 0 Å². The van der Waals surface area contributed by atoms with Gasteiger partial charge in [0, 0.05) is 11.8 Å². The summed E-state index contributed by atoms with van der Waals surface area (Å²) in [4.78, 5) is 39.5. The number of benzene rings is 1. The van der Waals surface area contributed by atoms with E-state index in [9.17, 15) is 19.5 Å². The molecule has 3 N–H and O–H groups in total. The lowest BCUT2D eigenvalue weighted by Gasteiger charge is -2.12. The van der Waals surface area contributed by atoms with E-state index in [2.05, 4.69) is 15.6 Å². The van der Waals surface area contributed by atoms with Gasteiger partial charge >= 0.3 is 5.97 Å². The van der Waals surface area contributed by atoms with E-state index in [0.717, 1.165) is 23.3 Å². The van der Waals surface area contributed by atoms with Crippen molar-refractivity contribution < 1.29 is 19.5 Å². The van der Waals surface area contributed by atoms with Gasteiger partial charge in [0.15, 0.2) is 5.13 Å². The predicted octanol–water partition coefficient (Wildman–Crippen LogP) is 3.09. The minimum absolute atomic E-state index is 0.0982. The molecule has 0 saturated carbocycles. The molecule has 0 aliphatic heterocycles. The number of carboxylic acids is 1. The highest BCUT2D eigenvalue weighted by atomic mass is 32.1. The first-order valence-electron chi connectivity index (χ1n) is 8.82. The normalized spacial score (nSPS) is 11.6. The summed E-state index contributed by atoms with van der Waals surface area (Å²) in [5.74, 6) is -1.81. The van der Waals surface area contributed by atoms with Gasteiger partial charge in [0.1, 0.15) is 11.7 Å². The van der Waals surface area contributed by atoms with Crippen LogP contribution in [0.5, 0.6) is 0 Å². The molecule has 7 nitrogen and oxygen atoms in total. The van der Waals surface area contributed by atoms with Crippen molar-refractivity contribution in [1.82, 2.24) is 10.3 Å². The molecule has 0 saturated heterocycles. The molecule has 0 spiro atoms. The standard InChI is InChI=1S/C19H23N3O4S/c1-2-3-9-14(18(25)26)20-17(24)15-12-27-19(21-15)22-16(23)11-10-13-7-5-4-6-8-13/h4-8,12,14H,2-3,9-11H2,1H3,(H,20,24)(H,25,26)(H,21,22,23). The van der Waals surface area contributed by atoms with Gasteiger partial charge in [-0.1, -0.05) is 50.1 Å². The molecule has 2 rings (SSSR count). The third-order valence-corrected chi connectivity index (χ3v) is 4.67. The van der Waals surface area contributed by atoms with E-state index in [0.29, 0.717) is 30.8 Å². The first-order valence-corrected chi connectivity index (χ1v) is 9.70. The highest BCUT2D eigenvalue weighted by Crippen LogP contribution is 2.16. The quantitative estimate of drug-likeness (QED) is 0.579. The van der Waals surface area contributed by atoms with E-state index in [-0.39, 0.29) is 11.6 Å². The number of unbranched alkanes of at least 4 members (excludes halogenated alkanes) is 1. The van der Waals surface area contributed by atoms with Gasteiger partial charge in [-0.25, -0.2) is 9.78 Å². The molecule has 2 amide bonds. The molecule has 0 fully saturated rings. The van der Waals surface area contributed by atoms with E-state index in [1.165, 1.54) is 5.38 Å². The van der Waals surface area contributed by atoms with Crippen molar-refractivity contribution in [1.29, 1.82) is 0 Å². The number of thiazole rings is 1. The van der Waals surface area contributed by atoms with Crippen molar-refractivity contribution >= 4 is 34.3 Å². The van der Waals surface area contributed by atoms with Gasteiger partial charge in [-0.15, -0.1) is 11.3 Å². The number of rotatable bonds is 10. The van der Waals surface area contributed by atoms with Crippen molar-refractivity contribution in [2.24, 2.45) is 0 Å². The van der Waals surface area contributed by atoms with Crippen LogP contribution in [0.25, 0.3) is 0 Å². The number of aliphatic carboxylic acids is 1. The number of hydrogen-bond acceptors (Lipinski definition) is 5. The fourth-order valence-corrected chi connectivity index (χ4v) is 3.12. The summed E-state index contributed by atoms with van der Waals surface area (Å²) in [6.45, 7) is 1.95. The second-order valence-corrected chi connectivity index (χ2v) is 6.94. The van der Waals surface area contributed by atoms with Gasteiger partial charge in [0.05, 0.1) is 0 Å². The Labute approximate surface area is 161 Å². The molecule has 1 unspecified atom stereocenters. The van der Waals surface area contributed by atoms with Gasteiger partial charge in [-0.3, -0.25) is 9.59 Å². The summed E-state index contributed by atoms with van der Waals surface area (Å²) in [5, 5.41) is 16.1. The molecule has 144 valence electrons. The monoisotopic (exact) mass is 389 g/mol. The van der Waals surface area contributed by atoms with E-state index in [4.69, 9.17) is 0 Å². The lowest BCUT2D eigenvalue weighted by atomic mass is 10.1. The van der Waals surface area contributed by atoms with Crippen LogP contribution in [-0.4, -0.2) is 33.9 Å². The number of carbonyl (C=O) groups excluding carboxylic acids is 2. The average Bonchev–Trinajstić information content (AvgIpc) is 3.12. The molecule has 0 aliphatic carbocycles. The highest BCUT2D eigenvalue weighted by Gasteiger charge is 2.21. The van der Waals surface area contributed by atoms with Crippen LogP contribution in [-0.2, 0) is 16.0 Å². The Morgan fingerprint density at radius 3 is 2.63 bits per heavy atom. The van der Waals surface area contributed by atoms with Crippen molar-refractivity contribution in [2.45, 2.75) is 45.1 Å². The van der Waals surface area contributed by atoms with Gasteiger partial charge in [-0.05, 0) is 18.4 Å². The lowest BCUT2D eigenvalue weighted by molar-refractivity contribution is -0.139. The van der Waals surface area contributed by atoms with Gasteiger partial charge in [0.25, 0.3) is 5.91 Å². The van der Waals surface area contributed by atoms with Crippen LogP contribution in [0, 0.1) is 0 Å². The third kappa shape index (κ3) is 6.82. The molecule has 1 atom stereocenters. The Bertz CT molecular complexity index is 776. The van der Waals surface area contributed by atoms with Gasteiger partial charge < -0.3 is 15.7 Å². The van der Waals surface area contributed by atoms with Crippen LogP contribution < -0.4 is 10.6 Å². The minimum Gasteiger partial charge on any atom is -0.480 e. The molecule has 1 aromatic carbocycles. The number of aromatic nitrogens is 1. The lowest BCUT2D eigenvalue weighted by Crippen LogP contribution is -2.40. The molecule has 1 aromatic heterocycles. The number of carboxylic acid groups (broad SMARTS) is 1. The fourth-order valence-electron chi connectivity index (χ4n) is 2.42. The summed E-state index contributed by atoms with van der Waals surface area (Å²) in [6, 6.07) is 8.73. The summed E-state index contributed by atoms with van der Waals surface area (Å²) in [5.41, 5.74) is 1.17. The number of aryl methyl sites for hydroxylation is 1. The minimum atomic E-state index is -1.07. The first-order chi connectivity index (χ1) is 13.0. The molecule has 2 aromatic rings. The van der Waals surface area contributed by atoms with Crippen LogP contribution in [0.1, 0.15) is 48.7 Å². The summed E-state index contributed by atoms with van der Waals surface area (Å²) < 4.78 is 0. The fraction of sp³-hybridized carbons (Fsp3) is 0.368. The van der Waals surface area contributed by atoms with Crippen LogP contribution in [0.15, 0.2) is 35.7 Å². The van der Waals surface area contributed by atoms with Crippen LogP contribution in [0.4, 0.5) is 5.13 Å². The summed E-state index contributed by atoms with van der Waals surface area (Å²) >= 11 is 1.13. The molecule has 1 heterocycles. The molecule has 8 heteroatoms. The smallest absolute Gasteiger partial charge is 0.326 e. The molecule has 0 radical (unpaired) electrons. The van der Waals surface area contributed by atoms with Crippen LogP contribution in [0.3, 0.4) is 0 Å². The molecule has 0 bridgehead atoms. The van der Waals surface area contributed by atoms with E-state index in [1.807, 2.05) is 37.3 Å². The number of nitrogens with one attached hydrogen (secondary N) is 2. The van der Waals surface area contributed by atoms with Crippen molar-refractivity contribution in [3.8, 4) is 0 Å². The maximum absolute atomic E-state index is 12.2. The van der Waals surface area contributed by atoms with Gasteiger partial charge in [0.2, 0.25) is 5.91 Å². The molecule has 27 heavy (non-hydrogen) atoms. The van der Waals surface area contributed by atoms with Gasteiger partial charge in [-0.2, -0.15) is 0 Å². The van der Waals surface area contributed by atoms with Crippen LogP contribution >= 0.6 is 11.3 Å². The zero-order valence-corrected chi connectivity index (χ0v) is 15.9. The zero-order valence-electron chi connectivity index (χ0n) is 15.1. The molecular weight excluding hydrogens is 366 g/mol. The largest absolute Gasteiger partial charge is 0.480 e. The molecular formula is C19H23N3O4S. The first kappa shape index (κ1) is 20.6. The van der Waals surface area contributed by atoms with Crippen LogP contribution in [0.2, 0.25) is 0 Å².